The molecule has 2 aromatic heterocycles. The Morgan fingerprint density at radius 1 is 1.21 bits per heavy atom. The zero-order valence-corrected chi connectivity index (χ0v) is 18.4. The van der Waals surface area contributed by atoms with E-state index in [9.17, 15) is 5.11 Å². The van der Waals surface area contributed by atoms with Gasteiger partial charge in [-0.25, -0.2) is 4.98 Å². The first kappa shape index (κ1) is 20.9. The minimum absolute atomic E-state index is 0.750. The summed E-state index contributed by atoms with van der Waals surface area (Å²) in [5.41, 5.74) is 1.33. The molecule has 1 saturated carbocycles. The number of nitrogens with zero attached hydrogens (tertiary/aromatic N) is 4. The van der Waals surface area contributed by atoms with Crippen LogP contribution in [0.4, 0.5) is 0 Å². The molecular weight excluding hydrogens is 380 g/mol. The van der Waals surface area contributed by atoms with Gasteiger partial charge in [0.2, 0.25) is 0 Å². The highest BCUT2D eigenvalue weighted by Gasteiger charge is 2.36. The summed E-state index contributed by atoms with van der Waals surface area (Å²) in [6, 6.07) is 4.07. The SMILES string of the molecule is CN(Cc1cccnc1)Cc1nc(C2(O)CCN(CC3CCCCC3)CC2)cs1. The molecule has 0 atom stereocenters. The van der Waals surface area contributed by atoms with Crippen LogP contribution in [0.1, 0.15) is 61.2 Å². The molecule has 0 amide bonds. The highest BCUT2D eigenvalue weighted by atomic mass is 32.1. The molecule has 2 aliphatic rings. The van der Waals surface area contributed by atoms with Crippen molar-refractivity contribution in [3.05, 3.63) is 46.2 Å². The van der Waals surface area contributed by atoms with Crippen LogP contribution < -0.4 is 0 Å². The second-order valence-corrected chi connectivity index (χ2v) is 9.94. The Bertz CT molecular complexity index is 751. The summed E-state index contributed by atoms with van der Waals surface area (Å²) < 4.78 is 0. The van der Waals surface area contributed by atoms with Crippen molar-refractivity contribution < 1.29 is 5.11 Å². The van der Waals surface area contributed by atoms with E-state index >= 15 is 0 Å². The standard InChI is InChI=1S/C23H34N4OS/c1-26(15-20-8-5-11-24-14-20)17-22-25-21(18-29-22)23(28)9-12-27(13-10-23)16-19-6-3-2-4-7-19/h5,8,11,14,18-19,28H,2-4,6-7,9-10,12-13,15-17H2,1H3. The Kier molecular flexibility index (Phi) is 6.96. The summed E-state index contributed by atoms with van der Waals surface area (Å²) >= 11 is 1.67. The Morgan fingerprint density at radius 2 is 2.00 bits per heavy atom. The first-order valence-electron chi connectivity index (χ1n) is 11.1. The second-order valence-electron chi connectivity index (χ2n) is 9.00. The fourth-order valence-electron chi connectivity index (χ4n) is 4.78. The van der Waals surface area contributed by atoms with Gasteiger partial charge in [-0.15, -0.1) is 11.3 Å². The van der Waals surface area contributed by atoms with Crippen molar-refractivity contribution in [1.29, 1.82) is 0 Å². The van der Waals surface area contributed by atoms with Crippen molar-refractivity contribution in [3.63, 3.8) is 0 Å². The lowest BCUT2D eigenvalue weighted by atomic mass is 9.86. The fraction of sp³-hybridized carbons (Fsp3) is 0.652. The van der Waals surface area contributed by atoms with Crippen molar-refractivity contribution in [1.82, 2.24) is 19.8 Å². The molecule has 1 aliphatic heterocycles. The van der Waals surface area contributed by atoms with E-state index in [1.165, 1.54) is 44.2 Å². The number of likely N-dealkylation sites (tertiary alicyclic amines) is 1. The van der Waals surface area contributed by atoms with Crippen LogP contribution in [-0.2, 0) is 18.7 Å². The third kappa shape index (κ3) is 5.63. The summed E-state index contributed by atoms with van der Waals surface area (Å²) in [6.07, 6.45) is 12.3. The smallest absolute Gasteiger partial charge is 0.110 e. The number of rotatable bonds is 7. The van der Waals surface area contributed by atoms with Crippen LogP contribution in [0, 0.1) is 5.92 Å². The summed E-state index contributed by atoms with van der Waals surface area (Å²) in [4.78, 5) is 13.8. The van der Waals surface area contributed by atoms with Crippen molar-refractivity contribution in [2.24, 2.45) is 5.92 Å². The predicted octanol–water partition coefficient (Wildman–Crippen LogP) is 4.03. The highest BCUT2D eigenvalue weighted by Crippen LogP contribution is 2.35. The van der Waals surface area contributed by atoms with Gasteiger partial charge in [0.05, 0.1) is 12.2 Å². The van der Waals surface area contributed by atoms with Gasteiger partial charge >= 0.3 is 0 Å². The van der Waals surface area contributed by atoms with Crippen LogP contribution in [-0.4, -0.2) is 51.6 Å². The van der Waals surface area contributed by atoms with Crippen molar-refractivity contribution in [3.8, 4) is 0 Å². The molecule has 0 aromatic carbocycles. The van der Waals surface area contributed by atoms with E-state index in [1.807, 2.05) is 12.3 Å². The molecule has 0 radical (unpaired) electrons. The molecule has 5 nitrogen and oxygen atoms in total. The van der Waals surface area contributed by atoms with Crippen LogP contribution in [0.2, 0.25) is 0 Å². The van der Waals surface area contributed by atoms with Gasteiger partial charge in [0.1, 0.15) is 10.6 Å². The second kappa shape index (κ2) is 9.65. The van der Waals surface area contributed by atoms with Crippen LogP contribution in [0.25, 0.3) is 0 Å². The van der Waals surface area contributed by atoms with Crippen molar-refractivity contribution in [2.45, 2.75) is 63.6 Å². The topological polar surface area (TPSA) is 52.5 Å². The molecule has 2 aromatic rings. The molecule has 1 saturated heterocycles. The maximum atomic E-state index is 11.2. The van der Waals surface area contributed by atoms with Gasteiger partial charge < -0.3 is 10.0 Å². The van der Waals surface area contributed by atoms with Gasteiger partial charge in [-0.2, -0.15) is 0 Å². The molecule has 0 spiro atoms. The Balaban J connectivity index is 1.28. The van der Waals surface area contributed by atoms with Crippen molar-refractivity contribution in [2.75, 3.05) is 26.7 Å². The minimum Gasteiger partial charge on any atom is -0.383 e. The van der Waals surface area contributed by atoms with Gasteiger partial charge in [0, 0.05) is 44.0 Å². The number of thiazole rings is 1. The third-order valence-corrected chi connectivity index (χ3v) is 7.37. The first-order chi connectivity index (χ1) is 14.1. The summed E-state index contributed by atoms with van der Waals surface area (Å²) in [6.45, 7) is 4.84. The van der Waals surface area contributed by atoms with E-state index in [2.05, 4.69) is 33.3 Å². The quantitative estimate of drug-likeness (QED) is 0.741. The molecule has 29 heavy (non-hydrogen) atoms. The molecule has 2 fully saturated rings. The zero-order chi connectivity index (χ0) is 20.1. The maximum Gasteiger partial charge on any atom is 0.110 e. The number of aliphatic hydroxyl groups is 1. The van der Waals surface area contributed by atoms with E-state index in [4.69, 9.17) is 4.98 Å². The van der Waals surface area contributed by atoms with Crippen LogP contribution >= 0.6 is 11.3 Å². The minimum atomic E-state index is -0.750. The monoisotopic (exact) mass is 414 g/mol. The largest absolute Gasteiger partial charge is 0.383 e. The zero-order valence-electron chi connectivity index (χ0n) is 17.6. The van der Waals surface area contributed by atoms with E-state index in [-0.39, 0.29) is 0 Å². The number of hydrogen-bond donors (Lipinski definition) is 1. The van der Waals surface area contributed by atoms with Gasteiger partial charge in [-0.05, 0) is 50.3 Å². The van der Waals surface area contributed by atoms with E-state index in [1.54, 1.807) is 17.5 Å². The van der Waals surface area contributed by atoms with Crippen LogP contribution in [0.3, 0.4) is 0 Å². The number of hydrogen-bond acceptors (Lipinski definition) is 6. The average Bonchev–Trinajstić information content (AvgIpc) is 3.21. The number of aromatic nitrogens is 2. The molecule has 1 N–H and O–H groups in total. The number of pyridine rings is 1. The van der Waals surface area contributed by atoms with Crippen LogP contribution in [0.15, 0.2) is 29.9 Å². The summed E-state index contributed by atoms with van der Waals surface area (Å²) in [5, 5.41) is 14.4. The van der Waals surface area contributed by atoms with Gasteiger partial charge in [0.25, 0.3) is 0 Å². The van der Waals surface area contributed by atoms with E-state index in [0.717, 1.165) is 55.6 Å². The van der Waals surface area contributed by atoms with Gasteiger partial charge in [-0.1, -0.05) is 25.3 Å². The molecule has 6 heteroatoms. The molecule has 0 bridgehead atoms. The first-order valence-corrected chi connectivity index (χ1v) is 12.0. The molecule has 4 rings (SSSR count). The Morgan fingerprint density at radius 3 is 2.72 bits per heavy atom. The predicted molar refractivity (Wildman–Crippen MR) is 118 cm³/mol. The molecule has 0 unspecified atom stereocenters. The lowest BCUT2D eigenvalue weighted by molar-refractivity contribution is -0.0327. The molecule has 1 aliphatic carbocycles. The lowest BCUT2D eigenvalue weighted by Gasteiger charge is -2.39. The van der Waals surface area contributed by atoms with Gasteiger partial charge in [-0.3, -0.25) is 9.88 Å². The highest BCUT2D eigenvalue weighted by molar-refractivity contribution is 7.09. The third-order valence-electron chi connectivity index (χ3n) is 6.53. The molecule has 158 valence electrons. The summed E-state index contributed by atoms with van der Waals surface area (Å²) in [7, 11) is 2.10. The molecular formula is C23H34N4OS. The Hall–Kier alpha value is -1.34. The van der Waals surface area contributed by atoms with E-state index in [0.29, 0.717) is 0 Å². The van der Waals surface area contributed by atoms with E-state index < -0.39 is 5.60 Å². The fourth-order valence-corrected chi connectivity index (χ4v) is 5.75. The van der Waals surface area contributed by atoms with Gasteiger partial charge in [0.15, 0.2) is 0 Å². The average molecular weight is 415 g/mol. The molecule has 3 heterocycles. The maximum absolute atomic E-state index is 11.2. The normalized spacial score (nSPS) is 20.9. The van der Waals surface area contributed by atoms with Crippen molar-refractivity contribution >= 4 is 11.3 Å². The van der Waals surface area contributed by atoms with Crippen LogP contribution in [0.5, 0.6) is 0 Å². The number of piperidine rings is 1. The Labute approximate surface area is 178 Å². The lowest BCUT2D eigenvalue weighted by Crippen LogP contribution is -2.44. The summed E-state index contributed by atoms with van der Waals surface area (Å²) in [5.74, 6) is 0.871.